The molecular formula is C15H17NO2. The van der Waals surface area contributed by atoms with Gasteiger partial charge in [-0.1, -0.05) is 42.5 Å². The molecule has 94 valence electrons. The van der Waals surface area contributed by atoms with Gasteiger partial charge in [0, 0.05) is 0 Å². The van der Waals surface area contributed by atoms with E-state index in [1.807, 2.05) is 18.2 Å². The smallest absolute Gasteiger partial charge is 0.132 e. The van der Waals surface area contributed by atoms with E-state index in [0.29, 0.717) is 0 Å². The largest absolute Gasteiger partial charge is 0.386 e. The minimum Gasteiger partial charge on any atom is -0.386 e. The van der Waals surface area contributed by atoms with Crippen LogP contribution in [-0.4, -0.2) is 28.5 Å². The average Bonchev–Trinajstić information content (AvgIpc) is 2.41. The van der Waals surface area contributed by atoms with Crippen LogP contribution >= 0.6 is 0 Å². The first-order valence-electron chi connectivity index (χ1n) is 6.29. The lowest BCUT2D eigenvalue weighted by Crippen LogP contribution is -2.53. The first kappa shape index (κ1) is 11.7. The highest BCUT2D eigenvalue weighted by Gasteiger charge is 2.43. The van der Waals surface area contributed by atoms with Crippen molar-refractivity contribution in [3.8, 4) is 0 Å². The zero-order valence-electron chi connectivity index (χ0n) is 10.1. The van der Waals surface area contributed by atoms with E-state index in [0.717, 1.165) is 18.5 Å². The van der Waals surface area contributed by atoms with Gasteiger partial charge in [0.1, 0.15) is 11.7 Å². The first-order chi connectivity index (χ1) is 8.72. The maximum absolute atomic E-state index is 10.8. The van der Waals surface area contributed by atoms with Gasteiger partial charge in [0.15, 0.2) is 0 Å². The van der Waals surface area contributed by atoms with Crippen LogP contribution in [0, 0.1) is 0 Å². The summed E-state index contributed by atoms with van der Waals surface area (Å²) in [7, 11) is 0. The summed E-state index contributed by atoms with van der Waals surface area (Å²) in [5.74, 6) is 0. The molecule has 3 atom stereocenters. The van der Waals surface area contributed by atoms with E-state index in [-0.39, 0.29) is 6.04 Å². The molecule has 3 nitrogen and oxygen atoms in total. The van der Waals surface area contributed by atoms with Gasteiger partial charge in [-0.2, -0.15) is 0 Å². The molecule has 0 aromatic heterocycles. The Hall–Kier alpha value is -1.42. The molecule has 0 saturated heterocycles. The minimum atomic E-state index is -1.27. The molecule has 1 aromatic carbocycles. The number of fused-ring (bicyclic) bond motifs is 1. The zero-order valence-corrected chi connectivity index (χ0v) is 10.1. The maximum Gasteiger partial charge on any atom is 0.132 e. The molecule has 1 aliphatic carbocycles. The van der Waals surface area contributed by atoms with Crippen LogP contribution in [0.3, 0.4) is 0 Å². The van der Waals surface area contributed by atoms with E-state index < -0.39 is 11.7 Å². The van der Waals surface area contributed by atoms with Crippen molar-refractivity contribution in [2.75, 3.05) is 6.54 Å². The lowest BCUT2D eigenvalue weighted by molar-refractivity contribution is -0.0449. The molecule has 18 heavy (non-hydrogen) atoms. The molecule has 1 heterocycles. The quantitative estimate of drug-likeness (QED) is 0.692. The number of nitrogens with one attached hydrogen (secondary N) is 1. The third-order valence-corrected chi connectivity index (χ3v) is 3.81. The van der Waals surface area contributed by atoms with Crippen LogP contribution in [0.2, 0.25) is 0 Å². The number of allylic oxidation sites excluding steroid dienone is 2. The molecule has 1 aliphatic heterocycles. The first-order valence-corrected chi connectivity index (χ1v) is 6.29. The van der Waals surface area contributed by atoms with Gasteiger partial charge in [0.2, 0.25) is 0 Å². The van der Waals surface area contributed by atoms with Crippen molar-refractivity contribution in [3.63, 3.8) is 0 Å². The fourth-order valence-corrected chi connectivity index (χ4v) is 2.82. The molecule has 1 aromatic rings. The van der Waals surface area contributed by atoms with Gasteiger partial charge >= 0.3 is 0 Å². The molecule has 3 heteroatoms. The van der Waals surface area contributed by atoms with Crippen molar-refractivity contribution in [2.45, 2.75) is 24.2 Å². The summed E-state index contributed by atoms with van der Waals surface area (Å²) >= 11 is 0. The van der Waals surface area contributed by atoms with Crippen LogP contribution in [-0.2, 0) is 6.42 Å². The molecule has 2 aliphatic rings. The van der Waals surface area contributed by atoms with Crippen molar-refractivity contribution in [1.82, 2.24) is 5.32 Å². The second-order valence-corrected chi connectivity index (χ2v) is 4.91. The van der Waals surface area contributed by atoms with E-state index in [4.69, 9.17) is 0 Å². The van der Waals surface area contributed by atoms with Crippen LogP contribution in [0.5, 0.6) is 0 Å². The summed E-state index contributed by atoms with van der Waals surface area (Å²) in [5.41, 5.74) is 1.04. The highest BCUT2D eigenvalue weighted by atomic mass is 16.3. The summed E-state index contributed by atoms with van der Waals surface area (Å²) in [6.07, 6.45) is 6.92. The topological polar surface area (TPSA) is 52.5 Å². The average molecular weight is 243 g/mol. The molecule has 0 saturated carbocycles. The Kier molecular flexibility index (Phi) is 2.82. The van der Waals surface area contributed by atoms with Crippen LogP contribution in [0.25, 0.3) is 0 Å². The zero-order chi connectivity index (χ0) is 12.6. The monoisotopic (exact) mass is 243 g/mol. The summed E-state index contributed by atoms with van der Waals surface area (Å²) in [5, 5.41) is 24.2. The number of hydrogen-bond donors (Lipinski definition) is 3. The van der Waals surface area contributed by atoms with Crippen molar-refractivity contribution in [1.29, 1.82) is 0 Å². The Balaban J connectivity index is 2.04. The van der Waals surface area contributed by atoms with E-state index in [1.165, 1.54) is 5.56 Å². The van der Waals surface area contributed by atoms with Gasteiger partial charge in [-0.25, -0.2) is 0 Å². The van der Waals surface area contributed by atoms with Crippen molar-refractivity contribution < 1.29 is 10.2 Å². The molecule has 3 N–H and O–H groups in total. The fourth-order valence-electron chi connectivity index (χ4n) is 2.82. The highest BCUT2D eigenvalue weighted by Crippen LogP contribution is 2.36. The van der Waals surface area contributed by atoms with Crippen LogP contribution in [0.4, 0.5) is 0 Å². The molecule has 0 fully saturated rings. The van der Waals surface area contributed by atoms with Gasteiger partial charge in [-0.15, -0.1) is 0 Å². The third kappa shape index (κ3) is 1.72. The van der Waals surface area contributed by atoms with Crippen LogP contribution in [0.1, 0.15) is 17.2 Å². The third-order valence-electron chi connectivity index (χ3n) is 3.81. The minimum absolute atomic E-state index is 0.265. The number of aliphatic hydroxyl groups is 2. The molecular weight excluding hydrogens is 226 g/mol. The van der Waals surface area contributed by atoms with Gasteiger partial charge in [0.05, 0.1) is 6.04 Å². The Morgan fingerprint density at radius 1 is 1.22 bits per heavy atom. The summed E-state index contributed by atoms with van der Waals surface area (Å²) in [6.45, 7) is 0.814. The predicted molar refractivity (Wildman–Crippen MR) is 70.1 cm³/mol. The van der Waals surface area contributed by atoms with Crippen molar-refractivity contribution in [2.24, 2.45) is 0 Å². The maximum atomic E-state index is 10.8. The van der Waals surface area contributed by atoms with E-state index >= 15 is 0 Å². The number of benzene rings is 1. The molecule has 3 unspecified atom stereocenters. The van der Waals surface area contributed by atoms with E-state index in [2.05, 4.69) is 11.4 Å². The summed E-state index contributed by atoms with van der Waals surface area (Å²) < 4.78 is 0. The van der Waals surface area contributed by atoms with Crippen molar-refractivity contribution >= 4 is 0 Å². The number of rotatable bonds is 1. The summed E-state index contributed by atoms with van der Waals surface area (Å²) in [4.78, 5) is 0. The van der Waals surface area contributed by atoms with Crippen LogP contribution in [0.15, 0.2) is 48.6 Å². The second kappa shape index (κ2) is 4.35. The molecule has 0 radical (unpaired) electrons. The fraction of sp³-hybridized carbons (Fsp3) is 0.333. The number of hydrogen-bond acceptors (Lipinski definition) is 3. The van der Waals surface area contributed by atoms with E-state index in [9.17, 15) is 10.2 Å². The van der Waals surface area contributed by atoms with Gasteiger partial charge in [0.25, 0.3) is 0 Å². The normalized spacial score (nSPS) is 34.3. The highest BCUT2D eigenvalue weighted by molar-refractivity contribution is 5.38. The summed E-state index contributed by atoms with van der Waals surface area (Å²) in [6, 6.07) is 7.82. The Bertz CT molecular complexity index is 509. The lowest BCUT2D eigenvalue weighted by atomic mass is 9.78. The SMILES string of the molecule is OC1C=CC=CC1(O)C1NCCc2ccccc21. The Morgan fingerprint density at radius 2 is 2.06 bits per heavy atom. The Labute approximate surface area is 106 Å². The Morgan fingerprint density at radius 3 is 2.89 bits per heavy atom. The predicted octanol–water partition coefficient (Wildman–Crippen LogP) is 1.09. The van der Waals surface area contributed by atoms with Crippen LogP contribution < -0.4 is 5.32 Å². The number of aliphatic hydroxyl groups excluding tert-OH is 1. The van der Waals surface area contributed by atoms with Crippen molar-refractivity contribution in [3.05, 3.63) is 59.7 Å². The second-order valence-electron chi connectivity index (χ2n) is 4.91. The molecule has 0 amide bonds. The van der Waals surface area contributed by atoms with Gasteiger partial charge < -0.3 is 15.5 Å². The molecule has 0 spiro atoms. The standard InChI is InChI=1S/C15H17NO2/c17-13-7-3-4-9-15(13,18)14-12-6-2-1-5-11(12)8-10-16-14/h1-7,9,13-14,16-18H,8,10H2. The molecule has 0 bridgehead atoms. The van der Waals surface area contributed by atoms with Gasteiger partial charge in [-0.3, -0.25) is 0 Å². The lowest BCUT2D eigenvalue weighted by Gasteiger charge is -2.41. The molecule has 3 rings (SSSR count). The van der Waals surface area contributed by atoms with Gasteiger partial charge in [-0.05, 0) is 30.2 Å². The van der Waals surface area contributed by atoms with E-state index in [1.54, 1.807) is 24.3 Å².